The molecular weight excluding hydrogens is 286 g/mol. The molecule has 5 nitrogen and oxygen atoms in total. The third-order valence-corrected chi connectivity index (χ3v) is 4.42. The Morgan fingerprint density at radius 3 is 2.39 bits per heavy atom. The van der Waals surface area contributed by atoms with Gasteiger partial charge < -0.3 is 15.0 Å². The van der Waals surface area contributed by atoms with Gasteiger partial charge in [0.25, 0.3) is 0 Å². The normalized spacial score (nSPS) is 13.6. The molecule has 0 atom stereocenters. The molecule has 0 aliphatic carbocycles. The summed E-state index contributed by atoms with van der Waals surface area (Å²) in [5.74, 6) is 0. The van der Waals surface area contributed by atoms with E-state index in [1.807, 2.05) is 0 Å². The van der Waals surface area contributed by atoms with Crippen LogP contribution in [-0.4, -0.2) is 19.5 Å². The lowest BCUT2D eigenvalue weighted by Gasteiger charge is -1.97. The standard InChI is InChI=1S/C18H18N5/c1-2-15-10-22-7-8-23(12-22)11-16-4-6-18(21-16)17-5-3-14(20-17)9-13(1)19-15/h1-8,12,19-21H,9-11H2/q+1. The van der Waals surface area contributed by atoms with E-state index in [-0.39, 0.29) is 0 Å². The summed E-state index contributed by atoms with van der Waals surface area (Å²) in [5, 5.41) is 0. The number of hydrogen-bond acceptors (Lipinski definition) is 0. The first-order chi connectivity index (χ1) is 11.3. The summed E-state index contributed by atoms with van der Waals surface area (Å²) in [6.45, 7) is 1.70. The fourth-order valence-electron chi connectivity index (χ4n) is 3.30. The molecule has 8 bridgehead atoms. The average Bonchev–Trinajstić information content (AvgIpc) is 3.28. The summed E-state index contributed by atoms with van der Waals surface area (Å²) < 4.78 is 4.39. The zero-order valence-corrected chi connectivity index (χ0v) is 12.7. The highest BCUT2D eigenvalue weighted by Crippen LogP contribution is 2.20. The summed E-state index contributed by atoms with van der Waals surface area (Å²) in [6.07, 6.45) is 7.27. The molecule has 0 unspecified atom stereocenters. The van der Waals surface area contributed by atoms with Crippen LogP contribution in [0.5, 0.6) is 0 Å². The van der Waals surface area contributed by atoms with E-state index < -0.39 is 0 Å². The first kappa shape index (κ1) is 12.6. The maximum atomic E-state index is 3.52. The van der Waals surface area contributed by atoms with Gasteiger partial charge in [0.2, 0.25) is 6.33 Å². The predicted octanol–water partition coefficient (Wildman–Crippen LogP) is 2.43. The molecule has 0 saturated carbocycles. The summed E-state index contributed by atoms with van der Waals surface area (Å²) in [6, 6.07) is 12.9. The summed E-state index contributed by atoms with van der Waals surface area (Å²) >= 11 is 0. The molecule has 1 aliphatic rings. The highest BCUT2D eigenvalue weighted by molar-refractivity contribution is 5.56. The molecule has 1 aliphatic heterocycles. The Kier molecular flexibility index (Phi) is 2.61. The molecule has 0 radical (unpaired) electrons. The predicted molar refractivity (Wildman–Crippen MR) is 87.0 cm³/mol. The lowest BCUT2D eigenvalue weighted by Crippen LogP contribution is -2.31. The Labute approximate surface area is 133 Å². The average molecular weight is 304 g/mol. The van der Waals surface area contributed by atoms with Gasteiger partial charge in [-0.1, -0.05) is 0 Å². The van der Waals surface area contributed by atoms with E-state index in [0.29, 0.717) is 0 Å². The summed E-state index contributed by atoms with van der Waals surface area (Å²) in [4.78, 5) is 10.5. The topological polar surface area (TPSA) is 56.2 Å². The maximum Gasteiger partial charge on any atom is 0.244 e. The van der Waals surface area contributed by atoms with Crippen LogP contribution in [0.25, 0.3) is 11.4 Å². The quantitative estimate of drug-likeness (QED) is 0.368. The molecule has 114 valence electrons. The fraction of sp³-hybridized carbons (Fsp3) is 0.167. The second-order valence-corrected chi connectivity index (χ2v) is 6.24. The van der Waals surface area contributed by atoms with Crippen molar-refractivity contribution in [2.75, 3.05) is 0 Å². The van der Waals surface area contributed by atoms with Crippen molar-refractivity contribution in [2.24, 2.45) is 0 Å². The first-order valence-corrected chi connectivity index (χ1v) is 7.89. The van der Waals surface area contributed by atoms with Crippen LogP contribution in [0.2, 0.25) is 0 Å². The Balaban J connectivity index is 1.61. The molecule has 0 saturated heterocycles. The first-order valence-electron chi connectivity index (χ1n) is 7.89. The van der Waals surface area contributed by atoms with Gasteiger partial charge in [-0.3, -0.25) is 0 Å². The SMILES string of the molecule is c1cc2[nH]c1Cc1ccc([nH]1)-c1ccc([nH]1)Cn1cc[n+](c1)C2. The van der Waals surface area contributed by atoms with Crippen molar-refractivity contribution < 1.29 is 4.57 Å². The minimum Gasteiger partial charge on any atom is -0.359 e. The van der Waals surface area contributed by atoms with Gasteiger partial charge in [0.15, 0.2) is 0 Å². The number of aromatic nitrogens is 5. The van der Waals surface area contributed by atoms with Gasteiger partial charge in [0.05, 0.1) is 22.8 Å². The summed E-state index contributed by atoms with van der Waals surface area (Å²) in [7, 11) is 0. The van der Waals surface area contributed by atoms with Crippen molar-refractivity contribution >= 4 is 0 Å². The van der Waals surface area contributed by atoms with E-state index in [0.717, 1.165) is 30.9 Å². The van der Waals surface area contributed by atoms with Crippen LogP contribution in [-0.2, 0) is 19.5 Å². The smallest absolute Gasteiger partial charge is 0.244 e. The third kappa shape index (κ3) is 2.30. The minimum absolute atomic E-state index is 0.844. The van der Waals surface area contributed by atoms with Crippen molar-refractivity contribution in [2.45, 2.75) is 19.5 Å². The van der Waals surface area contributed by atoms with Crippen LogP contribution >= 0.6 is 0 Å². The largest absolute Gasteiger partial charge is 0.359 e. The van der Waals surface area contributed by atoms with Crippen LogP contribution in [0.15, 0.2) is 55.1 Å². The van der Waals surface area contributed by atoms with Gasteiger partial charge in [-0.15, -0.1) is 0 Å². The highest BCUT2D eigenvalue weighted by atomic mass is 15.1. The number of imidazole rings is 1. The monoisotopic (exact) mass is 304 g/mol. The molecule has 3 N–H and O–H groups in total. The van der Waals surface area contributed by atoms with Crippen LogP contribution in [0.3, 0.4) is 0 Å². The molecule has 23 heavy (non-hydrogen) atoms. The number of H-pyrrole nitrogens is 3. The van der Waals surface area contributed by atoms with E-state index in [9.17, 15) is 0 Å². The second kappa shape index (κ2) is 4.78. The molecule has 5 heterocycles. The zero-order chi connectivity index (χ0) is 15.2. The molecule has 5 rings (SSSR count). The molecule has 0 amide bonds. The molecule has 0 aromatic carbocycles. The van der Waals surface area contributed by atoms with Crippen LogP contribution in [0.4, 0.5) is 0 Å². The van der Waals surface area contributed by atoms with Crippen molar-refractivity contribution in [3.05, 3.63) is 77.9 Å². The number of aromatic amines is 3. The van der Waals surface area contributed by atoms with Gasteiger partial charge in [0.1, 0.15) is 25.5 Å². The van der Waals surface area contributed by atoms with Crippen molar-refractivity contribution in [3.63, 3.8) is 0 Å². The van der Waals surface area contributed by atoms with Crippen LogP contribution in [0.1, 0.15) is 22.8 Å². The van der Waals surface area contributed by atoms with E-state index in [1.54, 1.807) is 0 Å². The second-order valence-electron chi connectivity index (χ2n) is 6.24. The highest BCUT2D eigenvalue weighted by Gasteiger charge is 2.11. The molecule has 4 aromatic heterocycles. The van der Waals surface area contributed by atoms with Gasteiger partial charge in [-0.05, 0) is 36.4 Å². The van der Waals surface area contributed by atoms with Crippen LogP contribution in [0, 0.1) is 0 Å². The lowest BCUT2D eigenvalue weighted by atomic mass is 10.2. The number of rotatable bonds is 0. The Morgan fingerprint density at radius 2 is 1.48 bits per heavy atom. The van der Waals surface area contributed by atoms with E-state index in [2.05, 4.69) is 79.2 Å². The van der Waals surface area contributed by atoms with Gasteiger partial charge in [-0.25, -0.2) is 9.13 Å². The van der Waals surface area contributed by atoms with Crippen molar-refractivity contribution in [1.82, 2.24) is 19.5 Å². The van der Waals surface area contributed by atoms with Crippen LogP contribution < -0.4 is 4.57 Å². The molecule has 0 fully saturated rings. The zero-order valence-electron chi connectivity index (χ0n) is 12.7. The van der Waals surface area contributed by atoms with Crippen molar-refractivity contribution in [1.29, 1.82) is 0 Å². The van der Waals surface area contributed by atoms with E-state index in [1.165, 1.54) is 22.8 Å². The Hall–Kier alpha value is -2.95. The third-order valence-electron chi connectivity index (χ3n) is 4.42. The number of nitrogens with zero attached hydrogens (tertiary/aromatic N) is 2. The summed E-state index contributed by atoms with van der Waals surface area (Å²) in [5.41, 5.74) is 7.15. The van der Waals surface area contributed by atoms with Gasteiger partial charge >= 0.3 is 0 Å². The van der Waals surface area contributed by atoms with E-state index in [4.69, 9.17) is 0 Å². The lowest BCUT2D eigenvalue weighted by molar-refractivity contribution is -0.688. The van der Waals surface area contributed by atoms with E-state index >= 15 is 0 Å². The molecular formula is C18H18N5+. The van der Waals surface area contributed by atoms with Gasteiger partial charge in [0, 0.05) is 17.8 Å². The Bertz CT molecular complexity index is 887. The molecule has 0 spiro atoms. The Morgan fingerprint density at radius 1 is 0.783 bits per heavy atom. The van der Waals surface area contributed by atoms with Gasteiger partial charge in [-0.2, -0.15) is 0 Å². The maximum absolute atomic E-state index is 3.52. The number of hydrogen-bond donors (Lipinski definition) is 3. The molecule has 4 aromatic rings. The number of fused-ring (bicyclic) bond motifs is 9. The number of nitrogens with one attached hydrogen (secondary N) is 3. The minimum atomic E-state index is 0.844. The fourth-order valence-corrected chi connectivity index (χ4v) is 3.30. The molecule has 5 heteroatoms. The van der Waals surface area contributed by atoms with Crippen molar-refractivity contribution in [3.8, 4) is 11.4 Å².